The van der Waals surface area contributed by atoms with E-state index in [9.17, 15) is 9.18 Å². The summed E-state index contributed by atoms with van der Waals surface area (Å²) < 4.78 is 30.0. The van der Waals surface area contributed by atoms with Gasteiger partial charge in [-0.25, -0.2) is 4.39 Å². The zero-order chi connectivity index (χ0) is 17.1. The number of ether oxygens (including phenoxy) is 2. The highest BCUT2D eigenvalue weighted by Crippen LogP contribution is 2.27. The maximum atomic E-state index is 14.0. The van der Waals surface area contributed by atoms with Crippen molar-refractivity contribution in [1.29, 1.82) is 0 Å². The van der Waals surface area contributed by atoms with Crippen LogP contribution in [-0.4, -0.2) is 13.7 Å². The van der Waals surface area contributed by atoms with Crippen molar-refractivity contribution in [3.8, 4) is 35.2 Å². The van der Waals surface area contributed by atoms with Crippen LogP contribution in [0.3, 0.4) is 0 Å². The smallest absolute Gasteiger partial charge is 0.196 e. The Morgan fingerprint density at radius 3 is 2.58 bits per heavy atom. The van der Waals surface area contributed by atoms with Gasteiger partial charge in [0.1, 0.15) is 40.7 Å². The average Bonchev–Trinajstić information content (AvgIpc) is 2.59. The van der Waals surface area contributed by atoms with Crippen LogP contribution >= 0.6 is 0 Å². The highest BCUT2D eigenvalue weighted by molar-refractivity contribution is 5.80. The maximum absolute atomic E-state index is 14.0. The molecule has 0 saturated heterocycles. The Labute approximate surface area is 137 Å². The van der Waals surface area contributed by atoms with Gasteiger partial charge in [-0.05, 0) is 24.3 Å². The molecule has 0 aliphatic rings. The molecule has 0 spiro atoms. The molecule has 4 nitrogen and oxygen atoms in total. The molecule has 1 aromatic heterocycles. The lowest BCUT2D eigenvalue weighted by molar-refractivity contribution is 0.370. The van der Waals surface area contributed by atoms with Crippen LogP contribution in [0.2, 0.25) is 0 Å². The summed E-state index contributed by atoms with van der Waals surface area (Å²) in [6.07, 6.45) is 5.14. The fraction of sp³-hybridized carbons (Fsp3) is 0.105. The predicted molar refractivity (Wildman–Crippen MR) is 88.8 cm³/mol. The molecule has 24 heavy (non-hydrogen) atoms. The Morgan fingerprint density at radius 1 is 1.17 bits per heavy atom. The summed E-state index contributed by atoms with van der Waals surface area (Å²) in [5, 5.41) is -0.103. The van der Waals surface area contributed by atoms with Gasteiger partial charge in [-0.3, -0.25) is 4.79 Å². The summed E-state index contributed by atoms with van der Waals surface area (Å²) in [5.41, 5.74) is 0.325. The number of methoxy groups -OCH3 is 1. The topological polar surface area (TPSA) is 48.7 Å². The number of rotatable bonds is 4. The monoisotopic (exact) mass is 324 g/mol. The summed E-state index contributed by atoms with van der Waals surface area (Å²) >= 11 is 0. The van der Waals surface area contributed by atoms with E-state index in [4.69, 9.17) is 20.3 Å². The van der Waals surface area contributed by atoms with Crippen molar-refractivity contribution in [2.24, 2.45) is 0 Å². The van der Waals surface area contributed by atoms with Gasteiger partial charge in [0.15, 0.2) is 5.43 Å². The van der Waals surface area contributed by atoms with Crippen LogP contribution in [0, 0.1) is 18.2 Å². The molecule has 0 unspecified atom stereocenters. The molecule has 0 atom stereocenters. The number of hydrogen-bond donors (Lipinski definition) is 0. The van der Waals surface area contributed by atoms with Gasteiger partial charge < -0.3 is 13.9 Å². The van der Waals surface area contributed by atoms with E-state index in [-0.39, 0.29) is 23.3 Å². The summed E-state index contributed by atoms with van der Waals surface area (Å²) in [4.78, 5) is 12.2. The molecule has 0 radical (unpaired) electrons. The van der Waals surface area contributed by atoms with Gasteiger partial charge in [0.2, 0.25) is 0 Å². The predicted octanol–water partition coefficient (Wildman–Crippen LogP) is 3.62. The molecule has 0 amide bonds. The average molecular weight is 324 g/mol. The minimum absolute atomic E-state index is 0.103. The van der Waals surface area contributed by atoms with Crippen LogP contribution in [-0.2, 0) is 0 Å². The normalized spacial score (nSPS) is 10.4. The van der Waals surface area contributed by atoms with Crippen molar-refractivity contribution in [3.63, 3.8) is 0 Å². The second kappa shape index (κ2) is 6.47. The van der Waals surface area contributed by atoms with E-state index >= 15 is 0 Å². The molecule has 3 rings (SSSR count). The molecule has 0 saturated carbocycles. The zero-order valence-corrected chi connectivity index (χ0v) is 12.8. The molecule has 5 heteroatoms. The fourth-order valence-electron chi connectivity index (χ4n) is 2.32. The van der Waals surface area contributed by atoms with Gasteiger partial charge in [-0.1, -0.05) is 5.92 Å². The largest absolute Gasteiger partial charge is 0.497 e. The Morgan fingerprint density at radius 2 is 1.92 bits per heavy atom. The van der Waals surface area contributed by atoms with Crippen molar-refractivity contribution in [2.75, 3.05) is 13.7 Å². The zero-order valence-electron chi connectivity index (χ0n) is 12.8. The third-order valence-electron chi connectivity index (χ3n) is 3.45. The SMILES string of the molecule is C#CCOc1ccc(-c2cc(=O)c3c(F)cc(OC)cc3o2)cc1. The molecule has 0 bridgehead atoms. The van der Waals surface area contributed by atoms with Gasteiger partial charge in [-0.2, -0.15) is 0 Å². The van der Waals surface area contributed by atoms with Crippen molar-refractivity contribution in [1.82, 2.24) is 0 Å². The summed E-state index contributed by atoms with van der Waals surface area (Å²) in [6.45, 7) is 0.170. The minimum atomic E-state index is -0.678. The number of fused-ring (bicyclic) bond motifs is 1. The standard InChI is InChI=1S/C19H13FO4/c1-3-8-23-13-6-4-12(5-7-13)17-11-16(21)19-15(20)9-14(22-2)10-18(19)24-17/h1,4-7,9-11H,8H2,2H3. The van der Waals surface area contributed by atoms with E-state index in [2.05, 4.69) is 5.92 Å². The first-order valence-electron chi connectivity index (χ1n) is 7.10. The lowest BCUT2D eigenvalue weighted by Gasteiger charge is -2.07. The van der Waals surface area contributed by atoms with E-state index in [1.165, 1.54) is 19.2 Å². The quantitative estimate of drug-likeness (QED) is 0.688. The third kappa shape index (κ3) is 2.95. The Bertz CT molecular complexity index is 981. The molecule has 1 heterocycles. The maximum Gasteiger partial charge on any atom is 0.196 e. The van der Waals surface area contributed by atoms with Crippen LogP contribution in [0.4, 0.5) is 4.39 Å². The second-order valence-corrected chi connectivity index (χ2v) is 4.97. The van der Waals surface area contributed by atoms with Gasteiger partial charge in [-0.15, -0.1) is 6.42 Å². The lowest BCUT2D eigenvalue weighted by atomic mass is 10.1. The van der Waals surface area contributed by atoms with E-state index in [1.807, 2.05) is 0 Å². The molecule has 3 aromatic rings. The summed E-state index contributed by atoms with van der Waals surface area (Å²) in [7, 11) is 1.41. The van der Waals surface area contributed by atoms with Gasteiger partial charge in [0, 0.05) is 23.8 Å². The molecule has 0 N–H and O–H groups in total. The molecular formula is C19H13FO4. The first kappa shape index (κ1) is 15.6. The van der Waals surface area contributed by atoms with Crippen LogP contribution in [0.15, 0.2) is 51.7 Å². The molecule has 0 aliphatic carbocycles. The van der Waals surface area contributed by atoms with E-state index < -0.39 is 11.2 Å². The minimum Gasteiger partial charge on any atom is -0.497 e. The number of halogens is 1. The highest BCUT2D eigenvalue weighted by atomic mass is 19.1. The van der Waals surface area contributed by atoms with Gasteiger partial charge in [0.05, 0.1) is 7.11 Å². The Hall–Kier alpha value is -3.26. The van der Waals surface area contributed by atoms with Gasteiger partial charge >= 0.3 is 0 Å². The number of benzene rings is 2. The third-order valence-corrected chi connectivity index (χ3v) is 3.45. The van der Waals surface area contributed by atoms with Crippen molar-refractivity contribution in [2.45, 2.75) is 0 Å². The van der Waals surface area contributed by atoms with Crippen molar-refractivity contribution >= 4 is 11.0 Å². The van der Waals surface area contributed by atoms with Crippen molar-refractivity contribution in [3.05, 3.63) is 58.5 Å². The van der Waals surface area contributed by atoms with Crippen molar-refractivity contribution < 1.29 is 18.3 Å². The second-order valence-electron chi connectivity index (χ2n) is 4.97. The first-order chi connectivity index (χ1) is 11.6. The van der Waals surface area contributed by atoms with E-state index in [0.29, 0.717) is 17.1 Å². The fourth-order valence-corrected chi connectivity index (χ4v) is 2.32. The Balaban J connectivity index is 2.07. The van der Waals surface area contributed by atoms with E-state index in [0.717, 1.165) is 6.07 Å². The highest BCUT2D eigenvalue weighted by Gasteiger charge is 2.13. The van der Waals surface area contributed by atoms with Crippen LogP contribution in [0.5, 0.6) is 11.5 Å². The Kier molecular flexibility index (Phi) is 4.21. The van der Waals surface area contributed by atoms with E-state index in [1.54, 1.807) is 24.3 Å². The number of terminal acetylenes is 1. The molecule has 0 aliphatic heterocycles. The summed E-state index contributed by atoms with van der Waals surface area (Å²) in [6, 6.07) is 10.8. The molecule has 0 fully saturated rings. The summed E-state index contributed by atoms with van der Waals surface area (Å²) in [5.74, 6) is 2.90. The first-order valence-corrected chi connectivity index (χ1v) is 7.10. The lowest BCUT2D eigenvalue weighted by Crippen LogP contribution is -2.03. The van der Waals surface area contributed by atoms with Crippen LogP contribution < -0.4 is 14.9 Å². The van der Waals surface area contributed by atoms with Crippen LogP contribution in [0.1, 0.15) is 0 Å². The molecular weight excluding hydrogens is 311 g/mol. The molecule has 120 valence electrons. The van der Waals surface area contributed by atoms with Gasteiger partial charge in [0.25, 0.3) is 0 Å². The number of hydrogen-bond acceptors (Lipinski definition) is 4. The van der Waals surface area contributed by atoms with Crippen LogP contribution in [0.25, 0.3) is 22.3 Å². The molecule has 2 aromatic carbocycles.